The average molecular weight is 260 g/mol. The Morgan fingerprint density at radius 3 is 2.47 bits per heavy atom. The Morgan fingerprint density at radius 2 is 1.74 bits per heavy atom. The highest BCUT2D eigenvalue weighted by Crippen LogP contribution is 2.07. The van der Waals surface area contributed by atoms with Gasteiger partial charge in [-0.2, -0.15) is 0 Å². The monoisotopic (exact) mass is 260 g/mol. The molecule has 0 aliphatic rings. The number of rotatable bonds is 9. The fourth-order valence-electron chi connectivity index (χ4n) is 1.86. The van der Waals surface area contributed by atoms with E-state index in [-0.39, 0.29) is 5.97 Å². The number of carbonyl (C=O) groups excluding carboxylic acids is 1. The Kier molecular flexibility index (Phi) is 8.45. The second-order valence-corrected chi connectivity index (χ2v) is 4.70. The molecule has 0 radical (unpaired) electrons. The summed E-state index contributed by atoms with van der Waals surface area (Å²) in [6, 6.07) is 9.05. The van der Waals surface area contributed by atoms with E-state index in [9.17, 15) is 4.79 Å². The molecule has 2 heteroatoms. The minimum Gasteiger partial charge on any atom is -0.431 e. The minimum atomic E-state index is -0.292. The predicted molar refractivity (Wildman–Crippen MR) is 79.0 cm³/mol. The van der Waals surface area contributed by atoms with Gasteiger partial charge in [-0.25, -0.2) is 4.79 Å². The number of unbranched alkanes of at least 4 members (excludes halogenated alkanes) is 6. The van der Waals surface area contributed by atoms with Crippen LogP contribution >= 0.6 is 0 Å². The van der Waals surface area contributed by atoms with E-state index < -0.39 is 0 Å². The van der Waals surface area contributed by atoms with Gasteiger partial charge in [-0.3, -0.25) is 0 Å². The number of allylic oxidation sites excluding steroid dienone is 1. The van der Waals surface area contributed by atoms with Gasteiger partial charge in [0.1, 0.15) is 0 Å². The molecule has 19 heavy (non-hydrogen) atoms. The molecule has 2 nitrogen and oxygen atoms in total. The van der Waals surface area contributed by atoms with Crippen LogP contribution in [0.2, 0.25) is 0 Å². The highest BCUT2D eigenvalue weighted by Gasteiger charge is 2.02. The Balaban J connectivity index is 2.06. The van der Waals surface area contributed by atoms with Gasteiger partial charge in [0.2, 0.25) is 0 Å². The lowest BCUT2D eigenvalue weighted by atomic mass is 10.1. The first-order valence-corrected chi connectivity index (χ1v) is 7.25. The van der Waals surface area contributed by atoms with E-state index in [2.05, 4.69) is 6.92 Å². The van der Waals surface area contributed by atoms with Crippen LogP contribution in [0.15, 0.2) is 42.7 Å². The summed E-state index contributed by atoms with van der Waals surface area (Å²) in [5, 5.41) is 0. The van der Waals surface area contributed by atoms with Crippen molar-refractivity contribution in [1.29, 1.82) is 0 Å². The maximum Gasteiger partial charge on any atom is 0.342 e. The maximum absolute atomic E-state index is 11.6. The Morgan fingerprint density at radius 1 is 1.05 bits per heavy atom. The molecule has 0 heterocycles. The van der Waals surface area contributed by atoms with Crippen molar-refractivity contribution in [3.8, 4) is 0 Å². The molecule has 0 amide bonds. The molecule has 1 rings (SSSR count). The van der Waals surface area contributed by atoms with Gasteiger partial charge in [-0.1, -0.05) is 57.2 Å². The van der Waals surface area contributed by atoms with Gasteiger partial charge in [-0.15, -0.1) is 0 Å². The summed E-state index contributed by atoms with van der Waals surface area (Å²) in [4.78, 5) is 11.6. The second-order valence-electron chi connectivity index (χ2n) is 4.70. The third-order valence-corrected chi connectivity index (χ3v) is 3.01. The first kappa shape index (κ1) is 15.5. The lowest BCUT2D eigenvalue weighted by molar-refractivity contribution is 0.0662. The van der Waals surface area contributed by atoms with Gasteiger partial charge in [-0.05, 0) is 31.1 Å². The van der Waals surface area contributed by atoms with Crippen molar-refractivity contribution in [3.05, 3.63) is 48.2 Å². The first-order chi connectivity index (χ1) is 9.34. The lowest BCUT2D eigenvalue weighted by Crippen LogP contribution is -1.99. The number of esters is 1. The highest BCUT2D eigenvalue weighted by molar-refractivity contribution is 5.89. The Hall–Kier alpha value is -1.57. The summed E-state index contributed by atoms with van der Waals surface area (Å²) in [7, 11) is 0. The van der Waals surface area contributed by atoms with Gasteiger partial charge in [0, 0.05) is 0 Å². The smallest absolute Gasteiger partial charge is 0.342 e. The zero-order chi connectivity index (χ0) is 13.8. The number of hydrogen-bond donors (Lipinski definition) is 0. The van der Waals surface area contributed by atoms with E-state index in [1.807, 2.05) is 24.3 Å². The normalized spacial score (nSPS) is 10.8. The third-order valence-electron chi connectivity index (χ3n) is 3.01. The molecule has 1 aromatic carbocycles. The molecule has 0 unspecified atom stereocenters. The van der Waals surface area contributed by atoms with Crippen molar-refractivity contribution in [2.24, 2.45) is 0 Å². The standard InChI is InChI=1S/C17H24O2/c1-2-3-4-5-6-7-8-12-15-19-17(18)16-13-10-9-11-14-16/h9-15H,2-8H2,1H3. The number of hydrogen-bond acceptors (Lipinski definition) is 2. The van der Waals surface area contributed by atoms with Crippen LogP contribution in [0.5, 0.6) is 0 Å². The summed E-state index contributed by atoms with van der Waals surface area (Å²) in [6.07, 6.45) is 12.1. The van der Waals surface area contributed by atoms with Gasteiger partial charge in [0.05, 0.1) is 11.8 Å². The summed E-state index contributed by atoms with van der Waals surface area (Å²) >= 11 is 0. The number of benzene rings is 1. The summed E-state index contributed by atoms with van der Waals surface area (Å²) in [6.45, 7) is 2.23. The lowest BCUT2D eigenvalue weighted by Gasteiger charge is -1.99. The molecule has 0 bridgehead atoms. The molecule has 0 aromatic heterocycles. The van der Waals surface area contributed by atoms with Crippen molar-refractivity contribution < 1.29 is 9.53 Å². The van der Waals surface area contributed by atoms with Crippen LogP contribution in [0.25, 0.3) is 0 Å². The molecule has 0 spiro atoms. The molecular formula is C17H24O2. The van der Waals surface area contributed by atoms with Crippen molar-refractivity contribution in [2.45, 2.75) is 51.9 Å². The largest absolute Gasteiger partial charge is 0.431 e. The predicted octanol–water partition coefficient (Wildman–Crippen LogP) is 5.11. The quantitative estimate of drug-likeness (QED) is 0.350. The summed E-state index contributed by atoms with van der Waals surface area (Å²) in [5.74, 6) is -0.292. The van der Waals surface area contributed by atoms with E-state index in [1.54, 1.807) is 12.1 Å². The molecule has 0 aliphatic carbocycles. The molecule has 0 fully saturated rings. The molecule has 0 N–H and O–H groups in total. The molecule has 0 saturated heterocycles. The van der Waals surface area contributed by atoms with Crippen LogP contribution in [-0.2, 0) is 4.74 Å². The minimum absolute atomic E-state index is 0.292. The Bertz CT molecular complexity index is 368. The van der Waals surface area contributed by atoms with Gasteiger partial charge in [0.25, 0.3) is 0 Å². The summed E-state index contributed by atoms with van der Waals surface area (Å²) < 4.78 is 5.05. The maximum atomic E-state index is 11.6. The van der Waals surface area contributed by atoms with Crippen LogP contribution < -0.4 is 0 Å². The van der Waals surface area contributed by atoms with Crippen molar-refractivity contribution in [2.75, 3.05) is 0 Å². The molecule has 0 aliphatic heterocycles. The second kappa shape index (κ2) is 10.4. The van der Waals surface area contributed by atoms with Gasteiger partial charge in [0.15, 0.2) is 0 Å². The van der Waals surface area contributed by atoms with E-state index in [1.165, 1.54) is 44.8 Å². The Labute approximate surface area is 116 Å². The van der Waals surface area contributed by atoms with Crippen LogP contribution in [0.1, 0.15) is 62.2 Å². The SMILES string of the molecule is CCCCCCCCC=COC(=O)c1ccccc1. The van der Waals surface area contributed by atoms with E-state index in [0.717, 1.165) is 6.42 Å². The molecule has 0 saturated carbocycles. The number of carbonyl (C=O) groups is 1. The third kappa shape index (κ3) is 7.45. The number of ether oxygens (including phenoxy) is 1. The van der Waals surface area contributed by atoms with E-state index in [4.69, 9.17) is 4.74 Å². The van der Waals surface area contributed by atoms with Gasteiger partial charge >= 0.3 is 5.97 Å². The average Bonchev–Trinajstić information content (AvgIpc) is 2.46. The van der Waals surface area contributed by atoms with Crippen LogP contribution in [0, 0.1) is 0 Å². The highest BCUT2D eigenvalue weighted by atomic mass is 16.5. The molecule has 1 aromatic rings. The fourth-order valence-corrected chi connectivity index (χ4v) is 1.86. The molecular weight excluding hydrogens is 236 g/mol. The fraction of sp³-hybridized carbons (Fsp3) is 0.471. The first-order valence-electron chi connectivity index (χ1n) is 7.25. The van der Waals surface area contributed by atoms with Crippen LogP contribution in [-0.4, -0.2) is 5.97 Å². The molecule has 0 atom stereocenters. The zero-order valence-corrected chi connectivity index (χ0v) is 11.8. The van der Waals surface area contributed by atoms with Crippen molar-refractivity contribution in [3.63, 3.8) is 0 Å². The van der Waals surface area contributed by atoms with E-state index in [0.29, 0.717) is 5.56 Å². The summed E-state index contributed by atoms with van der Waals surface area (Å²) in [5.41, 5.74) is 0.590. The van der Waals surface area contributed by atoms with Gasteiger partial charge < -0.3 is 4.74 Å². The zero-order valence-electron chi connectivity index (χ0n) is 11.8. The van der Waals surface area contributed by atoms with Crippen LogP contribution in [0.3, 0.4) is 0 Å². The topological polar surface area (TPSA) is 26.3 Å². The molecule has 104 valence electrons. The van der Waals surface area contributed by atoms with Crippen molar-refractivity contribution in [1.82, 2.24) is 0 Å². The van der Waals surface area contributed by atoms with Crippen LogP contribution in [0.4, 0.5) is 0 Å². The van der Waals surface area contributed by atoms with E-state index >= 15 is 0 Å². The van der Waals surface area contributed by atoms with Crippen molar-refractivity contribution >= 4 is 5.97 Å².